The molecule has 3 nitrogen and oxygen atoms in total. The van der Waals surface area contributed by atoms with Gasteiger partial charge in [0.1, 0.15) is 0 Å². The molecule has 1 aliphatic rings. The van der Waals surface area contributed by atoms with Crippen molar-refractivity contribution in [2.75, 3.05) is 20.1 Å². The van der Waals surface area contributed by atoms with Gasteiger partial charge in [0.2, 0.25) is 0 Å². The molecule has 0 saturated carbocycles. The fourth-order valence-corrected chi connectivity index (χ4v) is 2.17. The lowest BCUT2D eigenvalue weighted by Gasteiger charge is -2.15. The molecule has 0 radical (unpaired) electrons. The van der Waals surface area contributed by atoms with E-state index in [9.17, 15) is 0 Å². The first-order chi connectivity index (χ1) is 7.28. The van der Waals surface area contributed by atoms with Crippen LogP contribution in [0, 0.1) is 6.92 Å². The van der Waals surface area contributed by atoms with Crippen molar-refractivity contribution in [2.24, 2.45) is 0 Å². The zero-order valence-corrected chi connectivity index (χ0v) is 9.53. The van der Waals surface area contributed by atoms with Crippen LogP contribution in [0.3, 0.4) is 0 Å². The van der Waals surface area contributed by atoms with Crippen molar-refractivity contribution >= 4 is 0 Å². The molecule has 1 saturated heterocycles. The maximum Gasteiger partial charge on any atom is 0.0313 e. The van der Waals surface area contributed by atoms with E-state index in [1.165, 1.54) is 24.1 Å². The van der Waals surface area contributed by atoms with Crippen LogP contribution in [-0.2, 0) is 6.54 Å². The van der Waals surface area contributed by atoms with Gasteiger partial charge in [-0.15, -0.1) is 0 Å². The molecule has 3 heteroatoms. The Morgan fingerprint density at radius 3 is 3.07 bits per heavy atom. The molecule has 2 heterocycles. The molecule has 0 amide bonds. The number of nitrogens with zero attached hydrogens (tertiary/aromatic N) is 2. The fraction of sp³-hybridized carbons (Fsp3) is 0.583. The van der Waals surface area contributed by atoms with E-state index in [1.54, 1.807) is 0 Å². The number of nitrogens with one attached hydrogen (secondary N) is 1. The van der Waals surface area contributed by atoms with Crippen molar-refractivity contribution in [1.29, 1.82) is 0 Å². The topological polar surface area (TPSA) is 28.2 Å². The summed E-state index contributed by atoms with van der Waals surface area (Å²) in [4.78, 5) is 6.71. The van der Waals surface area contributed by atoms with Gasteiger partial charge in [-0.2, -0.15) is 0 Å². The summed E-state index contributed by atoms with van der Waals surface area (Å²) >= 11 is 0. The van der Waals surface area contributed by atoms with Crippen molar-refractivity contribution in [3.63, 3.8) is 0 Å². The summed E-state index contributed by atoms with van der Waals surface area (Å²) in [5, 5.41) is 3.33. The summed E-state index contributed by atoms with van der Waals surface area (Å²) in [5.41, 5.74) is 2.57. The zero-order chi connectivity index (χ0) is 10.7. The number of likely N-dealkylation sites (N-methyl/N-ethyl adjacent to an activating group) is 1. The van der Waals surface area contributed by atoms with Crippen LogP contribution in [0.15, 0.2) is 18.5 Å². The average molecular weight is 205 g/mol. The Morgan fingerprint density at radius 2 is 2.40 bits per heavy atom. The Balaban J connectivity index is 1.92. The molecule has 1 atom stereocenters. The van der Waals surface area contributed by atoms with Crippen LogP contribution in [0.1, 0.15) is 17.5 Å². The summed E-state index contributed by atoms with van der Waals surface area (Å²) < 4.78 is 0. The highest BCUT2D eigenvalue weighted by Gasteiger charge is 2.20. The predicted molar refractivity (Wildman–Crippen MR) is 61.7 cm³/mol. The molecule has 0 aliphatic carbocycles. The minimum absolute atomic E-state index is 0.669. The summed E-state index contributed by atoms with van der Waals surface area (Å²) in [6, 6.07) is 2.89. The van der Waals surface area contributed by atoms with Crippen molar-refractivity contribution in [3.05, 3.63) is 29.6 Å². The lowest BCUT2D eigenvalue weighted by Crippen LogP contribution is -2.29. The lowest BCUT2D eigenvalue weighted by atomic mass is 10.2. The van der Waals surface area contributed by atoms with Gasteiger partial charge in [0, 0.05) is 38.1 Å². The van der Waals surface area contributed by atoms with E-state index in [4.69, 9.17) is 0 Å². The molecule has 1 aromatic rings. The molecule has 2 rings (SSSR count). The van der Waals surface area contributed by atoms with E-state index < -0.39 is 0 Å². The van der Waals surface area contributed by atoms with Gasteiger partial charge < -0.3 is 5.32 Å². The van der Waals surface area contributed by atoms with Gasteiger partial charge in [-0.1, -0.05) is 6.07 Å². The number of pyridine rings is 1. The van der Waals surface area contributed by atoms with Gasteiger partial charge in [-0.05, 0) is 31.5 Å². The normalized spacial score (nSPS) is 22.1. The summed E-state index contributed by atoms with van der Waals surface area (Å²) in [6.45, 7) is 5.48. The van der Waals surface area contributed by atoms with E-state index in [-0.39, 0.29) is 0 Å². The summed E-state index contributed by atoms with van der Waals surface area (Å²) in [6.07, 6.45) is 5.14. The maximum absolute atomic E-state index is 4.22. The first kappa shape index (κ1) is 10.6. The number of rotatable bonds is 3. The molecule has 0 bridgehead atoms. The number of likely N-dealkylation sites (tertiary alicyclic amines) is 1. The molecule has 15 heavy (non-hydrogen) atoms. The Labute approximate surface area is 91.5 Å². The van der Waals surface area contributed by atoms with Gasteiger partial charge in [0.05, 0.1) is 0 Å². The number of hydrogen-bond acceptors (Lipinski definition) is 3. The molecule has 0 aromatic carbocycles. The Hall–Kier alpha value is -0.930. The van der Waals surface area contributed by atoms with Gasteiger partial charge >= 0.3 is 0 Å². The second kappa shape index (κ2) is 4.73. The fourth-order valence-electron chi connectivity index (χ4n) is 2.17. The molecule has 1 unspecified atom stereocenters. The Bertz CT molecular complexity index is 324. The zero-order valence-electron chi connectivity index (χ0n) is 9.53. The van der Waals surface area contributed by atoms with Crippen molar-refractivity contribution < 1.29 is 0 Å². The van der Waals surface area contributed by atoms with E-state index in [0.29, 0.717) is 6.04 Å². The number of hydrogen-bond donors (Lipinski definition) is 1. The molecule has 1 N–H and O–H groups in total. The predicted octanol–water partition coefficient (Wildman–Crippen LogP) is 1.18. The van der Waals surface area contributed by atoms with E-state index in [2.05, 4.69) is 28.2 Å². The third-order valence-electron chi connectivity index (χ3n) is 3.02. The maximum atomic E-state index is 4.22. The van der Waals surface area contributed by atoms with Crippen LogP contribution in [0.25, 0.3) is 0 Å². The summed E-state index contributed by atoms with van der Waals surface area (Å²) in [7, 11) is 2.04. The molecule has 1 fully saturated rings. The Kier molecular flexibility index (Phi) is 3.34. The quantitative estimate of drug-likeness (QED) is 0.803. The second-order valence-electron chi connectivity index (χ2n) is 4.38. The second-order valence-corrected chi connectivity index (χ2v) is 4.38. The van der Waals surface area contributed by atoms with Crippen LogP contribution < -0.4 is 5.32 Å². The minimum Gasteiger partial charge on any atom is -0.316 e. The van der Waals surface area contributed by atoms with Crippen molar-refractivity contribution in [3.8, 4) is 0 Å². The molecule has 0 spiro atoms. The summed E-state index contributed by atoms with van der Waals surface area (Å²) in [5.74, 6) is 0. The van der Waals surface area contributed by atoms with Crippen LogP contribution in [0.2, 0.25) is 0 Å². The van der Waals surface area contributed by atoms with Gasteiger partial charge in [-0.3, -0.25) is 9.88 Å². The smallest absolute Gasteiger partial charge is 0.0313 e. The van der Waals surface area contributed by atoms with Crippen LogP contribution >= 0.6 is 0 Å². The molecule has 1 aromatic heterocycles. The van der Waals surface area contributed by atoms with Gasteiger partial charge in [0.25, 0.3) is 0 Å². The lowest BCUT2D eigenvalue weighted by molar-refractivity contribution is 0.322. The van der Waals surface area contributed by atoms with Gasteiger partial charge in [-0.25, -0.2) is 0 Å². The molecular weight excluding hydrogens is 186 g/mol. The Morgan fingerprint density at radius 1 is 1.53 bits per heavy atom. The third kappa shape index (κ3) is 2.76. The highest BCUT2D eigenvalue weighted by Crippen LogP contribution is 2.13. The standard InChI is InChI=1S/C12H19N3/c1-10-5-11(7-14-6-10)8-15-4-3-12(9-15)13-2/h5-7,12-13H,3-4,8-9H2,1-2H3. The van der Waals surface area contributed by atoms with Crippen LogP contribution in [0.4, 0.5) is 0 Å². The van der Waals surface area contributed by atoms with Gasteiger partial charge in [0.15, 0.2) is 0 Å². The molecular formula is C12H19N3. The molecule has 1 aliphatic heterocycles. The van der Waals surface area contributed by atoms with E-state index in [1.807, 2.05) is 19.4 Å². The van der Waals surface area contributed by atoms with Crippen molar-refractivity contribution in [1.82, 2.24) is 15.2 Å². The highest BCUT2D eigenvalue weighted by molar-refractivity contribution is 5.16. The highest BCUT2D eigenvalue weighted by atomic mass is 15.2. The van der Waals surface area contributed by atoms with Crippen LogP contribution in [-0.4, -0.2) is 36.1 Å². The SMILES string of the molecule is CNC1CCN(Cc2cncc(C)c2)C1. The first-order valence-corrected chi connectivity index (χ1v) is 5.58. The van der Waals surface area contributed by atoms with Crippen molar-refractivity contribution in [2.45, 2.75) is 25.9 Å². The largest absolute Gasteiger partial charge is 0.316 e. The monoisotopic (exact) mass is 205 g/mol. The molecule has 82 valence electrons. The van der Waals surface area contributed by atoms with E-state index >= 15 is 0 Å². The minimum atomic E-state index is 0.669. The van der Waals surface area contributed by atoms with E-state index in [0.717, 1.165) is 13.1 Å². The number of aromatic nitrogens is 1. The average Bonchev–Trinajstić information content (AvgIpc) is 2.65. The third-order valence-corrected chi connectivity index (χ3v) is 3.02. The first-order valence-electron chi connectivity index (χ1n) is 5.58. The number of aryl methyl sites for hydroxylation is 1. The van der Waals surface area contributed by atoms with Crippen LogP contribution in [0.5, 0.6) is 0 Å².